The van der Waals surface area contributed by atoms with E-state index in [1.165, 1.54) is 25.3 Å². The standard InChI is InChI=1S/C36H42FN5O6/c1-24-9-11-25(12-10-24)23-42-19-16-39-36(46)29(42)21-34(44)41-17-4-8-33(43)40-22-27-28(37)6-3-7-30(27)48-31-14-13-26(20-32(31)47-2)35(45)38-15-5-18-41/h3,6-7,9-14,20,29H,4-5,8,15-19,21-23H2,1-2H3,(H,38,45)(H,39,46)(H,40,43). The van der Waals surface area contributed by atoms with Gasteiger partial charge in [-0.3, -0.25) is 24.1 Å². The number of ether oxygens (including phenoxy) is 2. The van der Waals surface area contributed by atoms with Crippen LogP contribution >= 0.6 is 0 Å². The van der Waals surface area contributed by atoms with E-state index < -0.39 is 11.9 Å². The topological polar surface area (TPSA) is 129 Å². The van der Waals surface area contributed by atoms with Gasteiger partial charge in [-0.2, -0.15) is 0 Å². The van der Waals surface area contributed by atoms with Crippen molar-refractivity contribution in [3.05, 3.63) is 88.7 Å². The van der Waals surface area contributed by atoms with Crippen LogP contribution in [-0.4, -0.2) is 79.3 Å². The number of fused-ring (bicyclic) bond motifs is 13. The Balaban J connectivity index is 1.31. The van der Waals surface area contributed by atoms with Crippen molar-refractivity contribution in [2.75, 3.05) is 39.8 Å². The van der Waals surface area contributed by atoms with Crippen LogP contribution in [0.2, 0.25) is 0 Å². The molecule has 1 fully saturated rings. The minimum absolute atomic E-state index is 0.0154. The Morgan fingerprint density at radius 1 is 0.938 bits per heavy atom. The highest BCUT2D eigenvalue weighted by atomic mass is 19.1. The van der Waals surface area contributed by atoms with Crippen molar-refractivity contribution >= 4 is 23.6 Å². The highest BCUT2D eigenvalue weighted by molar-refractivity contribution is 5.95. The SMILES string of the molecule is COc1cc2ccc1Oc1cccc(F)c1CNC(=O)CCCN(C(=O)CC1C(=O)NCCN1Cc1ccc(C)cc1)CCCNC2=O. The molecule has 2 bridgehead atoms. The van der Waals surface area contributed by atoms with Gasteiger partial charge in [-0.25, -0.2) is 4.39 Å². The molecular formula is C36H42FN5O6. The summed E-state index contributed by atoms with van der Waals surface area (Å²) < 4.78 is 26.3. The van der Waals surface area contributed by atoms with Crippen LogP contribution in [0.5, 0.6) is 17.2 Å². The molecule has 3 aromatic rings. The average molecular weight is 660 g/mol. The molecule has 0 saturated carbocycles. The summed E-state index contributed by atoms with van der Waals surface area (Å²) in [5.74, 6) is -0.830. The lowest BCUT2D eigenvalue weighted by Crippen LogP contribution is -2.56. The van der Waals surface area contributed by atoms with Gasteiger partial charge in [0, 0.05) is 63.4 Å². The predicted octanol–water partition coefficient (Wildman–Crippen LogP) is 3.68. The van der Waals surface area contributed by atoms with Gasteiger partial charge >= 0.3 is 0 Å². The summed E-state index contributed by atoms with van der Waals surface area (Å²) in [6.07, 6.45) is 0.901. The monoisotopic (exact) mass is 659 g/mol. The summed E-state index contributed by atoms with van der Waals surface area (Å²) in [4.78, 5) is 56.3. The molecule has 0 spiro atoms. The van der Waals surface area contributed by atoms with Crippen LogP contribution in [0.3, 0.4) is 0 Å². The largest absolute Gasteiger partial charge is 0.493 e. The second-order valence-corrected chi connectivity index (χ2v) is 12.0. The molecule has 4 amide bonds. The first kappa shape index (κ1) is 34.4. The molecule has 6 rings (SSSR count). The minimum Gasteiger partial charge on any atom is -0.493 e. The van der Waals surface area contributed by atoms with Gasteiger partial charge in [0.05, 0.1) is 19.6 Å². The first-order valence-corrected chi connectivity index (χ1v) is 16.2. The molecule has 3 heterocycles. The molecule has 1 unspecified atom stereocenters. The lowest BCUT2D eigenvalue weighted by atomic mass is 10.1. The first-order valence-electron chi connectivity index (χ1n) is 16.2. The Hall–Kier alpha value is -4.97. The second-order valence-electron chi connectivity index (χ2n) is 12.0. The Kier molecular flexibility index (Phi) is 11.6. The lowest BCUT2D eigenvalue weighted by molar-refractivity contribution is -0.139. The number of amides is 4. The van der Waals surface area contributed by atoms with Crippen molar-refractivity contribution in [1.29, 1.82) is 0 Å². The third-order valence-electron chi connectivity index (χ3n) is 8.57. The van der Waals surface area contributed by atoms with Crippen molar-refractivity contribution in [3.63, 3.8) is 0 Å². The fourth-order valence-electron chi connectivity index (χ4n) is 5.85. The summed E-state index contributed by atoms with van der Waals surface area (Å²) in [7, 11) is 1.44. The first-order chi connectivity index (χ1) is 23.2. The molecule has 254 valence electrons. The molecule has 1 saturated heterocycles. The number of nitrogens with one attached hydrogen (secondary N) is 3. The van der Waals surface area contributed by atoms with Gasteiger partial charge in [-0.05, 0) is 55.7 Å². The zero-order chi connectivity index (χ0) is 34.0. The number of carbonyl (C=O) groups excluding carboxylic acids is 4. The maximum atomic E-state index is 14.9. The normalized spacial score (nSPS) is 18.3. The van der Waals surface area contributed by atoms with Crippen molar-refractivity contribution < 1.29 is 33.0 Å². The van der Waals surface area contributed by atoms with E-state index in [9.17, 15) is 23.6 Å². The van der Waals surface area contributed by atoms with Gasteiger partial charge in [0.2, 0.25) is 17.7 Å². The Morgan fingerprint density at radius 2 is 1.73 bits per heavy atom. The summed E-state index contributed by atoms with van der Waals surface area (Å²) in [6, 6.07) is 16.5. The van der Waals surface area contributed by atoms with E-state index in [1.54, 1.807) is 23.1 Å². The molecule has 3 aliphatic heterocycles. The zero-order valence-corrected chi connectivity index (χ0v) is 27.4. The van der Waals surface area contributed by atoms with Crippen LogP contribution in [0.1, 0.15) is 52.7 Å². The minimum atomic E-state index is -0.636. The molecule has 11 nitrogen and oxygen atoms in total. The van der Waals surface area contributed by atoms with E-state index in [0.717, 1.165) is 11.1 Å². The number of halogens is 1. The molecule has 0 aromatic heterocycles. The predicted molar refractivity (Wildman–Crippen MR) is 177 cm³/mol. The van der Waals surface area contributed by atoms with E-state index in [-0.39, 0.29) is 72.4 Å². The zero-order valence-electron chi connectivity index (χ0n) is 27.4. The van der Waals surface area contributed by atoms with Crippen LogP contribution in [0, 0.1) is 12.7 Å². The van der Waals surface area contributed by atoms with Gasteiger partial charge in [-0.1, -0.05) is 35.9 Å². The smallest absolute Gasteiger partial charge is 0.251 e. The highest BCUT2D eigenvalue weighted by Crippen LogP contribution is 2.34. The second kappa shape index (κ2) is 16.2. The fraction of sp³-hybridized carbons (Fsp3) is 0.389. The van der Waals surface area contributed by atoms with Gasteiger partial charge in [0.1, 0.15) is 11.6 Å². The molecule has 12 heteroatoms. The van der Waals surface area contributed by atoms with Crippen LogP contribution in [0.15, 0.2) is 60.7 Å². The maximum Gasteiger partial charge on any atom is 0.251 e. The van der Waals surface area contributed by atoms with E-state index in [4.69, 9.17) is 9.47 Å². The third-order valence-corrected chi connectivity index (χ3v) is 8.57. The quantitative estimate of drug-likeness (QED) is 0.381. The number of rotatable bonds is 5. The van der Waals surface area contributed by atoms with Crippen LogP contribution < -0.4 is 25.4 Å². The van der Waals surface area contributed by atoms with Gasteiger partial charge in [-0.15, -0.1) is 0 Å². The number of methoxy groups -OCH3 is 1. The van der Waals surface area contributed by atoms with Gasteiger partial charge in [0.15, 0.2) is 11.5 Å². The van der Waals surface area contributed by atoms with E-state index >= 15 is 0 Å². The average Bonchev–Trinajstić information content (AvgIpc) is 3.07. The van der Waals surface area contributed by atoms with Gasteiger partial charge in [0.25, 0.3) is 5.91 Å². The number of piperazine rings is 1. The number of hydrogen-bond donors (Lipinski definition) is 3. The van der Waals surface area contributed by atoms with E-state index in [2.05, 4.69) is 16.0 Å². The summed E-state index contributed by atoms with van der Waals surface area (Å²) in [5.41, 5.74) is 2.70. The Labute approximate surface area is 279 Å². The Morgan fingerprint density at radius 3 is 2.52 bits per heavy atom. The number of aryl methyl sites for hydroxylation is 1. The summed E-state index contributed by atoms with van der Waals surface area (Å²) in [6.45, 7) is 4.45. The molecule has 3 aliphatic rings. The molecule has 0 aliphatic carbocycles. The molecule has 48 heavy (non-hydrogen) atoms. The number of carbonyl (C=O) groups is 4. The van der Waals surface area contributed by atoms with Crippen LogP contribution in [0.25, 0.3) is 0 Å². The highest BCUT2D eigenvalue weighted by Gasteiger charge is 2.33. The van der Waals surface area contributed by atoms with Crippen molar-refractivity contribution in [2.24, 2.45) is 0 Å². The van der Waals surface area contributed by atoms with Crippen molar-refractivity contribution in [3.8, 4) is 17.2 Å². The van der Waals surface area contributed by atoms with E-state index in [1.807, 2.05) is 36.1 Å². The van der Waals surface area contributed by atoms with Crippen LogP contribution in [-0.2, 0) is 27.5 Å². The summed E-state index contributed by atoms with van der Waals surface area (Å²) in [5, 5.41) is 8.53. The molecule has 1 atom stereocenters. The maximum absolute atomic E-state index is 14.9. The van der Waals surface area contributed by atoms with Crippen molar-refractivity contribution in [1.82, 2.24) is 25.8 Å². The number of benzene rings is 3. The molecular weight excluding hydrogens is 617 g/mol. The number of hydrogen-bond acceptors (Lipinski definition) is 7. The van der Waals surface area contributed by atoms with E-state index in [0.29, 0.717) is 51.1 Å². The molecule has 0 radical (unpaired) electrons. The fourth-order valence-corrected chi connectivity index (χ4v) is 5.85. The number of nitrogens with zero attached hydrogens (tertiary/aromatic N) is 2. The lowest BCUT2D eigenvalue weighted by Gasteiger charge is -2.36. The van der Waals surface area contributed by atoms with Crippen LogP contribution in [0.4, 0.5) is 4.39 Å². The van der Waals surface area contributed by atoms with Crippen molar-refractivity contribution in [2.45, 2.75) is 51.7 Å². The molecule has 3 N–H and O–H groups in total. The Bertz CT molecular complexity index is 1630. The summed E-state index contributed by atoms with van der Waals surface area (Å²) >= 11 is 0. The molecule has 3 aromatic carbocycles. The third kappa shape index (κ3) is 8.88. The van der Waals surface area contributed by atoms with Gasteiger partial charge < -0.3 is 30.3 Å².